The fraction of sp³-hybridized carbons (Fsp3) is 0.250. The van der Waals surface area contributed by atoms with Gasteiger partial charge in [-0.3, -0.25) is 0 Å². The Morgan fingerprint density at radius 1 is 1.10 bits per heavy atom. The third-order valence-corrected chi connectivity index (χ3v) is 4.24. The number of benzene rings is 2. The van der Waals surface area contributed by atoms with Crippen LogP contribution in [-0.2, 0) is 0 Å². The van der Waals surface area contributed by atoms with E-state index < -0.39 is 17.7 Å². The van der Waals surface area contributed by atoms with Gasteiger partial charge in [0.15, 0.2) is 11.6 Å². The summed E-state index contributed by atoms with van der Waals surface area (Å²) < 4.78 is 31.9. The second kappa shape index (κ2) is 6.12. The molecule has 112 valence electrons. The van der Waals surface area contributed by atoms with E-state index in [4.69, 9.17) is 4.74 Å². The zero-order chi connectivity index (χ0) is 15.7. The highest BCUT2D eigenvalue weighted by Crippen LogP contribution is 2.35. The highest BCUT2D eigenvalue weighted by molar-refractivity contribution is 9.10. The summed E-state index contributed by atoms with van der Waals surface area (Å²) >= 11 is 3.00. The van der Waals surface area contributed by atoms with Crippen LogP contribution < -0.4 is 4.74 Å². The van der Waals surface area contributed by atoms with Gasteiger partial charge in [-0.25, -0.2) is 8.78 Å². The second-order valence-electron chi connectivity index (χ2n) is 4.85. The fourth-order valence-electron chi connectivity index (χ4n) is 2.25. The van der Waals surface area contributed by atoms with Crippen LogP contribution in [0, 0.1) is 25.5 Å². The van der Waals surface area contributed by atoms with E-state index in [2.05, 4.69) is 15.9 Å². The van der Waals surface area contributed by atoms with Gasteiger partial charge in [0.25, 0.3) is 0 Å². The van der Waals surface area contributed by atoms with Gasteiger partial charge in [0.2, 0.25) is 0 Å². The van der Waals surface area contributed by atoms with Gasteiger partial charge in [-0.1, -0.05) is 6.07 Å². The largest absolute Gasteiger partial charge is 0.496 e. The lowest BCUT2D eigenvalue weighted by atomic mass is 9.95. The third-order valence-electron chi connectivity index (χ3n) is 3.44. The second-order valence-corrected chi connectivity index (χ2v) is 5.64. The van der Waals surface area contributed by atoms with Gasteiger partial charge >= 0.3 is 0 Å². The van der Waals surface area contributed by atoms with Crippen molar-refractivity contribution in [3.05, 3.63) is 62.6 Å². The normalized spacial score (nSPS) is 12.3. The molecule has 0 saturated carbocycles. The summed E-state index contributed by atoms with van der Waals surface area (Å²) in [5.74, 6) is -1.25. The zero-order valence-corrected chi connectivity index (χ0v) is 13.5. The first-order valence-electron chi connectivity index (χ1n) is 6.33. The molecule has 0 aliphatic rings. The van der Waals surface area contributed by atoms with Crippen LogP contribution in [0.2, 0.25) is 0 Å². The minimum Gasteiger partial charge on any atom is -0.496 e. The molecule has 21 heavy (non-hydrogen) atoms. The number of methoxy groups -OCH3 is 1. The molecule has 2 aromatic rings. The molecule has 0 aromatic heterocycles. The Balaban J connectivity index is 2.53. The Morgan fingerprint density at radius 2 is 1.76 bits per heavy atom. The summed E-state index contributed by atoms with van der Waals surface area (Å²) in [5.41, 5.74) is 2.57. The first-order valence-corrected chi connectivity index (χ1v) is 7.12. The number of aryl methyl sites for hydroxylation is 2. The van der Waals surface area contributed by atoms with Crippen LogP contribution in [0.15, 0.2) is 28.7 Å². The van der Waals surface area contributed by atoms with Crippen LogP contribution in [-0.4, -0.2) is 12.2 Å². The topological polar surface area (TPSA) is 29.5 Å². The van der Waals surface area contributed by atoms with E-state index in [1.165, 1.54) is 6.07 Å². The van der Waals surface area contributed by atoms with Gasteiger partial charge in [-0.2, -0.15) is 0 Å². The van der Waals surface area contributed by atoms with E-state index in [1.54, 1.807) is 13.2 Å². The minimum atomic E-state index is -1.06. The molecule has 2 aromatic carbocycles. The first kappa shape index (κ1) is 15.9. The van der Waals surface area contributed by atoms with Crippen LogP contribution >= 0.6 is 15.9 Å². The van der Waals surface area contributed by atoms with Crippen LogP contribution in [0.5, 0.6) is 5.75 Å². The first-order chi connectivity index (χ1) is 9.86. The summed E-state index contributed by atoms with van der Waals surface area (Å²) in [7, 11) is 1.57. The van der Waals surface area contributed by atoms with Gasteiger partial charge < -0.3 is 9.84 Å². The van der Waals surface area contributed by atoms with Gasteiger partial charge in [0.1, 0.15) is 11.9 Å². The highest BCUT2D eigenvalue weighted by Gasteiger charge is 2.21. The quantitative estimate of drug-likeness (QED) is 0.824. The van der Waals surface area contributed by atoms with Gasteiger partial charge in [-0.05, 0) is 64.7 Å². The molecular formula is C16H15BrF2O2. The molecule has 2 nitrogen and oxygen atoms in total. The van der Waals surface area contributed by atoms with E-state index in [0.717, 1.165) is 17.2 Å². The van der Waals surface area contributed by atoms with Crippen molar-refractivity contribution >= 4 is 15.9 Å². The molecule has 0 bridgehead atoms. The van der Waals surface area contributed by atoms with Crippen molar-refractivity contribution in [2.45, 2.75) is 20.0 Å². The third kappa shape index (κ3) is 2.94. The van der Waals surface area contributed by atoms with E-state index in [1.807, 2.05) is 19.9 Å². The van der Waals surface area contributed by atoms with Crippen molar-refractivity contribution in [2.24, 2.45) is 0 Å². The molecule has 0 heterocycles. The van der Waals surface area contributed by atoms with Crippen LogP contribution in [0.1, 0.15) is 28.4 Å². The molecule has 0 radical (unpaired) electrons. The monoisotopic (exact) mass is 356 g/mol. The lowest BCUT2D eigenvalue weighted by Crippen LogP contribution is -2.06. The maximum atomic E-state index is 13.6. The summed E-state index contributed by atoms with van der Waals surface area (Å²) in [6.45, 7) is 3.68. The summed E-state index contributed by atoms with van der Waals surface area (Å²) in [5, 5.41) is 10.5. The van der Waals surface area contributed by atoms with Crippen LogP contribution in [0.4, 0.5) is 8.78 Å². The zero-order valence-electron chi connectivity index (χ0n) is 11.9. The van der Waals surface area contributed by atoms with E-state index in [0.29, 0.717) is 11.3 Å². The SMILES string of the molecule is COc1cc(C)c(C(O)c2ccc(F)c(F)c2Br)cc1C. The fourth-order valence-corrected chi connectivity index (χ4v) is 2.78. The van der Waals surface area contributed by atoms with E-state index in [-0.39, 0.29) is 10.0 Å². The molecule has 1 atom stereocenters. The van der Waals surface area contributed by atoms with Crippen LogP contribution in [0.3, 0.4) is 0 Å². The molecule has 5 heteroatoms. The summed E-state index contributed by atoms with van der Waals surface area (Å²) in [6.07, 6.45) is -1.06. The predicted octanol–water partition coefficient (Wildman–Crippen LogP) is 4.43. The Hall–Kier alpha value is -1.46. The molecule has 0 fully saturated rings. The molecular weight excluding hydrogens is 342 g/mol. The van der Waals surface area contributed by atoms with Gasteiger partial charge in [-0.15, -0.1) is 0 Å². The molecule has 0 aliphatic heterocycles. The van der Waals surface area contributed by atoms with Crippen molar-refractivity contribution in [3.63, 3.8) is 0 Å². The average molecular weight is 357 g/mol. The number of ether oxygens (including phenoxy) is 1. The standard InChI is InChI=1S/C16H15BrF2O2/c1-8-7-13(21-3)9(2)6-11(8)16(20)10-4-5-12(18)15(19)14(10)17/h4-7,16,20H,1-3H3. The molecule has 1 unspecified atom stereocenters. The van der Waals surface area contributed by atoms with Crippen molar-refractivity contribution in [1.29, 1.82) is 0 Å². The molecule has 2 rings (SSSR count). The van der Waals surface area contributed by atoms with Crippen molar-refractivity contribution < 1.29 is 18.6 Å². The number of hydrogen-bond acceptors (Lipinski definition) is 2. The minimum absolute atomic E-state index is 0.0668. The Kier molecular flexibility index (Phi) is 4.64. The highest BCUT2D eigenvalue weighted by atomic mass is 79.9. The summed E-state index contributed by atoms with van der Waals surface area (Å²) in [4.78, 5) is 0. The van der Waals surface area contributed by atoms with Gasteiger partial charge in [0, 0.05) is 5.56 Å². The smallest absolute Gasteiger partial charge is 0.173 e. The molecule has 0 saturated heterocycles. The predicted molar refractivity (Wildman–Crippen MR) is 80.6 cm³/mol. The lowest BCUT2D eigenvalue weighted by molar-refractivity contribution is 0.217. The lowest BCUT2D eigenvalue weighted by Gasteiger charge is -2.18. The van der Waals surface area contributed by atoms with Crippen molar-refractivity contribution in [1.82, 2.24) is 0 Å². The number of rotatable bonds is 3. The average Bonchev–Trinajstić information content (AvgIpc) is 2.46. The Morgan fingerprint density at radius 3 is 2.38 bits per heavy atom. The Bertz CT molecular complexity index is 686. The molecule has 0 aliphatic carbocycles. The molecule has 0 spiro atoms. The number of hydrogen-bond donors (Lipinski definition) is 1. The van der Waals surface area contributed by atoms with E-state index >= 15 is 0 Å². The Labute approximate surface area is 130 Å². The van der Waals surface area contributed by atoms with Gasteiger partial charge in [0.05, 0.1) is 11.6 Å². The van der Waals surface area contributed by atoms with Crippen molar-refractivity contribution in [3.8, 4) is 5.75 Å². The maximum Gasteiger partial charge on any atom is 0.173 e. The van der Waals surface area contributed by atoms with E-state index in [9.17, 15) is 13.9 Å². The molecule has 0 amide bonds. The number of halogens is 3. The van der Waals surface area contributed by atoms with Crippen LogP contribution in [0.25, 0.3) is 0 Å². The van der Waals surface area contributed by atoms with Crippen molar-refractivity contribution in [2.75, 3.05) is 7.11 Å². The number of aliphatic hydroxyl groups excluding tert-OH is 1. The number of aliphatic hydroxyl groups is 1. The summed E-state index contributed by atoms with van der Waals surface area (Å²) in [6, 6.07) is 5.96. The molecule has 1 N–H and O–H groups in total. The maximum absolute atomic E-state index is 13.6.